The Bertz CT molecular complexity index is 650. The second-order valence-corrected chi connectivity index (χ2v) is 6.31. The van der Waals surface area contributed by atoms with Crippen LogP contribution < -0.4 is 10.1 Å². The molecule has 1 aliphatic rings. The Labute approximate surface area is 133 Å². The molecule has 1 fully saturated rings. The number of benzene rings is 1. The Kier molecular flexibility index (Phi) is 4.92. The number of rotatable bonds is 5. The van der Waals surface area contributed by atoms with Crippen molar-refractivity contribution in [3.8, 4) is 5.75 Å². The van der Waals surface area contributed by atoms with Gasteiger partial charge in [-0.25, -0.2) is 0 Å². The summed E-state index contributed by atoms with van der Waals surface area (Å²) in [5.41, 5.74) is 0. The molecule has 22 heavy (non-hydrogen) atoms. The molecule has 0 spiro atoms. The molecular weight excluding hydrogens is 300 g/mol. The maximum atomic E-state index is 12.2. The summed E-state index contributed by atoms with van der Waals surface area (Å²) >= 11 is 1.50. The van der Waals surface area contributed by atoms with Gasteiger partial charge in [0.1, 0.15) is 5.75 Å². The number of morpholine rings is 1. The zero-order valence-electron chi connectivity index (χ0n) is 12.6. The normalized spacial score (nSPS) is 15.9. The van der Waals surface area contributed by atoms with Gasteiger partial charge in [0.05, 0.1) is 25.2 Å². The first kappa shape index (κ1) is 15.3. The number of amides is 1. The smallest absolute Gasteiger partial charge is 0.261 e. The lowest BCUT2D eigenvalue weighted by molar-refractivity contribution is 0.0383. The number of nitrogens with one attached hydrogen (secondary N) is 1. The van der Waals surface area contributed by atoms with Gasteiger partial charge in [0.15, 0.2) is 0 Å². The molecule has 1 amide bonds. The van der Waals surface area contributed by atoms with Gasteiger partial charge in [-0.2, -0.15) is 0 Å². The predicted molar refractivity (Wildman–Crippen MR) is 88.0 cm³/mol. The molecule has 2 heterocycles. The molecule has 0 radical (unpaired) electrons. The maximum absolute atomic E-state index is 12.2. The molecule has 2 aromatic rings. The van der Waals surface area contributed by atoms with Gasteiger partial charge in [-0.1, -0.05) is 0 Å². The van der Waals surface area contributed by atoms with Gasteiger partial charge >= 0.3 is 0 Å². The minimum Gasteiger partial charge on any atom is -0.497 e. The largest absolute Gasteiger partial charge is 0.497 e. The highest BCUT2D eigenvalue weighted by molar-refractivity contribution is 7.20. The van der Waals surface area contributed by atoms with E-state index in [4.69, 9.17) is 9.47 Å². The van der Waals surface area contributed by atoms with Gasteiger partial charge in [0.2, 0.25) is 0 Å². The lowest BCUT2D eigenvalue weighted by atomic mass is 10.2. The summed E-state index contributed by atoms with van der Waals surface area (Å²) in [7, 11) is 1.65. The summed E-state index contributed by atoms with van der Waals surface area (Å²) < 4.78 is 11.6. The van der Waals surface area contributed by atoms with E-state index < -0.39 is 0 Å². The van der Waals surface area contributed by atoms with Crippen molar-refractivity contribution in [2.45, 2.75) is 0 Å². The number of carbonyl (C=O) groups excluding carboxylic acids is 1. The Morgan fingerprint density at radius 3 is 2.95 bits per heavy atom. The van der Waals surface area contributed by atoms with E-state index in [9.17, 15) is 4.79 Å². The van der Waals surface area contributed by atoms with Crippen molar-refractivity contribution < 1.29 is 14.3 Å². The van der Waals surface area contributed by atoms with E-state index in [1.807, 2.05) is 24.3 Å². The van der Waals surface area contributed by atoms with E-state index in [1.165, 1.54) is 11.3 Å². The zero-order valence-corrected chi connectivity index (χ0v) is 13.4. The fourth-order valence-corrected chi connectivity index (χ4v) is 3.50. The van der Waals surface area contributed by atoms with Crippen molar-refractivity contribution in [3.05, 3.63) is 29.1 Å². The van der Waals surface area contributed by atoms with Crippen LogP contribution in [-0.4, -0.2) is 57.3 Å². The summed E-state index contributed by atoms with van der Waals surface area (Å²) in [5.74, 6) is 0.807. The SMILES string of the molecule is COc1ccc2cc(C(=O)NCCN3CCOCC3)sc2c1. The van der Waals surface area contributed by atoms with Crippen LogP contribution in [0.3, 0.4) is 0 Å². The Hall–Kier alpha value is -1.63. The molecule has 0 unspecified atom stereocenters. The van der Waals surface area contributed by atoms with Gasteiger partial charge in [-0.3, -0.25) is 9.69 Å². The van der Waals surface area contributed by atoms with Crippen LogP contribution in [0, 0.1) is 0 Å². The Morgan fingerprint density at radius 1 is 1.36 bits per heavy atom. The van der Waals surface area contributed by atoms with Crippen molar-refractivity contribution in [1.82, 2.24) is 10.2 Å². The number of fused-ring (bicyclic) bond motifs is 1. The lowest BCUT2D eigenvalue weighted by Gasteiger charge is -2.26. The maximum Gasteiger partial charge on any atom is 0.261 e. The van der Waals surface area contributed by atoms with Crippen molar-refractivity contribution in [2.24, 2.45) is 0 Å². The van der Waals surface area contributed by atoms with E-state index in [-0.39, 0.29) is 5.91 Å². The van der Waals surface area contributed by atoms with Gasteiger partial charge < -0.3 is 14.8 Å². The highest BCUT2D eigenvalue weighted by atomic mass is 32.1. The quantitative estimate of drug-likeness (QED) is 0.915. The minimum absolute atomic E-state index is 0.00609. The number of ether oxygens (including phenoxy) is 2. The molecular formula is C16H20N2O3S. The van der Waals surface area contributed by atoms with Gasteiger partial charge in [-0.15, -0.1) is 11.3 Å². The Morgan fingerprint density at radius 2 is 2.18 bits per heavy atom. The van der Waals surface area contributed by atoms with Crippen LogP contribution >= 0.6 is 11.3 Å². The van der Waals surface area contributed by atoms with E-state index >= 15 is 0 Å². The molecule has 0 saturated carbocycles. The second-order valence-electron chi connectivity index (χ2n) is 5.22. The van der Waals surface area contributed by atoms with Crippen LogP contribution in [0.25, 0.3) is 10.1 Å². The molecule has 1 aliphatic heterocycles. The van der Waals surface area contributed by atoms with E-state index in [0.29, 0.717) is 6.54 Å². The molecule has 1 aromatic heterocycles. The fraction of sp³-hybridized carbons (Fsp3) is 0.438. The monoisotopic (exact) mass is 320 g/mol. The van der Waals surface area contributed by atoms with Crippen molar-refractivity contribution >= 4 is 27.3 Å². The van der Waals surface area contributed by atoms with Gasteiger partial charge in [-0.05, 0) is 29.7 Å². The fourth-order valence-electron chi connectivity index (χ4n) is 2.49. The van der Waals surface area contributed by atoms with Crippen LogP contribution in [0.5, 0.6) is 5.75 Å². The van der Waals surface area contributed by atoms with Crippen molar-refractivity contribution in [3.63, 3.8) is 0 Å². The van der Waals surface area contributed by atoms with Crippen molar-refractivity contribution in [1.29, 1.82) is 0 Å². The summed E-state index contributed by atoms with van der Waals surface area (Å²) in [6.07, 6.45) is 0. The Balaban J connectivity index is 1.57. The minimum atomic E-state index is -0.00609. The molecule has 6 heteroatoms. The third-order valence-electron chi connectivity index (χ3n) is 3.77. The standard InChI is InChI=1S/C16H20N2O3S/c1-20-13-3-2-12-10-15(22-14(12)11-13)16(19)17-4-5-18-6-8-21-9-7-18/h2-3,10-11H,4-9H2,1H3,(H,17,19). The first-order valence-corrected chi connectivity index (χ1v) is 8.24. The average molecular weight is 320 g/mol. The molecule has 0 aliphatic carbocycles. The van der Waals surface area contributed by atoms with Gasteiger partial charge in [0, 0.05) is 30.9 Å². The van der Waals surface area contributed by atoms with E-state index in [2.05, 4.69) is 10.2 Å². The average Bonchev–Trinajstić information content (AvgIpc) is 2.99. The van der Waals surface area contributed by atoms with Crippen LogP contribution in [-0.2, 0) is 4.74 Å². The zero-order chi connectivity index (χ0) is 15.4. The summed E-state index contributed by atoms with van der Waals surface area (Å²) in [4.78, 5) is 15.3. The topological polar surface area (TPSA) is 50.8 Å². The molecule has 1 N–H and O–H groups in total. The summed E-state index contributed by atoms with van der Waals surface area (Å²) in [6, 6.07) is 7.79. The summed E-state index contributed by atoms with van der Waals surface area (Å²) in [5, 5.41) is 4.07. The number of hydrogen-bond acceptors (Lipinski definition) is 5. The van der Waals surface area contributed by atoms with Crippen LogP contribution in [0.4, 0.5) is 0 Å². The van der Waals surface area contributed by atoms with Crippen LogP contribution in [0.2, 0.25) is 0 Å². The molecule has 1 saturated heterocycles. The first-order chi connectivity index (χ1) is 10.8. The van der Waals surface area contributed by atoms with Crippen LogP contribution in [0.1, 0.15) is 9.67 Å². The second kappa shape index (κ2) is 7.09. The number of nitrogens with zero attached hydrogens (tertiary/aromatic N) is 1. The summed E-state index contributed by atoms with van der Waals surface area (Å²) in [6.45, 7) is 4.99. The number of methoxy groups -OCH3 is 1. The molecule has 5 nitrogen and oxygen atoms in total. The lowest BCUT2D eigenvalue weighted by Crippen LogP contribution is -2.41. The molecule has 118 valence electrons. The highest BCUT2D eigenvalue weighted by Gasteiger charge is 2.13. The molecule has 0 atom stereocenters. The highest BCUT2D eigenvalue weighted by Crippen LogP contribution is 2.29. The van der Waals surface area contributed by atoms with Gasteiger partial charge in [0.25, 0.3) is 5.91 Å². The number of thiophene rings is 1. The van der Waals surface area contributed by atoms with E-state index in [1.54, 1.807) is 7.11 Å². The third kappa shape index (κ3) is 3.58. The number of carbonyl (C=O) groups is 1. The number of hydrogen-bond donors (Lipinski definition) is 1. The molecule has 1 aromatic carbocycles. The molecule has 0 bridgehead atoms. The van der Waals surface area contributed by atoms with E-state index in [0.717, 1.165) is 53.6 Å². The van der Waals surface area contributed by atoms with Crippen molar-refractivity contribution in [2.75, 3.05) is 46.5 Å². The first-order valence-electron chi connectivity index (χ1n) is 7.42. The molecule has 3 rings (SSSR count). The predicted octanol–water partition coefficient (Wildman–Crippen LogP) is 1.97. The van der Waals surface area contributed by atoms with Crippen LogP contribution in [0.15, 0.2) is 24.3 Å². The third-order valence-corrected chi connectivity index (χ3v) is 4.86.